The molecule has 0 aromatic carbocycles. The van der Waals surface area contributed by atoms with Crippen LogP contribution < -0.4 is 5.73 Å². The summed E-state index contributed by atoms with van der Waals surface area (Å²) in [5.41, 5.74) is 8.09. The Balaban J connectivity index is 2.66. The first-order valence-electron chi connectivity index (χ1n) is 6.56. The molecule has 1 atom stereocenters. The van der Waals surface area contributed by atoms with Crippen molar-refractivity contribution in [1.82, 2.24) is 14.7 Å². The van der Waals surface area contributed by atoms with Crippen molar-refractivity contribution in [2.45, 2.75) is 40.8 Å². The minimum atomic E-state index is 0.550. The van der Waals surface area contributed by atoms with E-state index in [-0.39, 0.29) is 0 Å². The summed E-state index contributed by atoms with van der Waals surface area (Å²) in [6.07, 6.45) is 0. The summed E-state index contributed by atoms with van der Waals surface area (Å²) in [4.78, 5) is 2.43. The van der Waals surface area contributed by atoms with Crippen molar-refractivity contribution < 1.29 is 0 Å². The number of nitrogens with two attached hydrogens (primary N) is 1. The highest BCUT2D eigenvalue weighted by atomic mass is 15.3. The number of aryl methyl sites for hydroxylation is 2. The first-order chi connectivity index (χ1) is 8.10. The molecule has 2 N–H and O–H groups in total. The Kier molecular flexibility index (Phi) is 5.65. The predicted molar refractivity (Wildman–Crippen MR) is 71.8 cm³/mol. The van der Waals surface area contributed by atoms with Gasteiger partial charge in [-0.1, -0.05) is 13.8 Å². The topological polar surface area (TPSA) is 47.1 Å². The molecule has 0 spiro atoms. The van der Waals surface area contributed by atoms with Gasteiger partial charge in [-0.05, 0) is 38.9 Å². The van der Waals surface area contributed by atoms with E-state index in [1.165, 1.54) is 5.69 Å². The molecule has 0 saturated carbocycles. The monoisotopic (exact) mass is 238 g/mol. The van der Waals surface area contributed by atoms with Gasteiger partial charge in [-0.15, -0.1) is 0 Å². The van der Waals surface area contributed by atoms with Crippen LogP contribution in [0.25, 0.3) is 0 Å². The molecule has 1 aromatic rings. The molecule has 0 aliphatic carbocycles. The third kappa shape index (κ3) is 4.13. The van der Waals surface area contributed by atoms with Crippen molar-refractivity contribution in [1.29, 1.82) is 0 Å². The van der Waals surface area contributed by atoms with Crippen LogP contribution in [-0.4, -0.2) is 34.3 Å². The molecule has 0 fully saturated rings. The van der Waals surface area contributed by atoms with E-state index in [1.807, 2.05) is 0 Å². The van der Waals surface area contributed by atoms with Gasteiger partial charge in [0.2, 0.25) is 0 Å². The standard InChI is InChI=1S/C13H26N4/c1-5-16(9-11(3)8-14)10-13-7-12(4)15-17(13)6-2/h7,11H,5-6,8-10,14H2,1-4H3. The molecule has 4 heteroatoms. The Bertz CT molecular complexity index is 332. The molecule has 17 heavy (non-hydrogen) atoms. The van der Waals surface area contributed by atoms with Gasteiger partial charge in [0.1, 0.15) is 0 Å². The Hall–Kier alpha value is -0.870. The fourth-order valence-corrected chi connectivity index (χ4v) is 2.05. The van der Waals surface area contributed by atoms with Crippen molar-refractivity contribution in [3.63, 3.8) is 0 Å². The summed E-state index contributed by atoms with van der Waals surface area (Å²) in [5, 5.41) is 4.48. The molecule has 0 saturated heterocycles. The van der Waals surface area contributed by atoms with Crippen molar-refractivity contribution in [2.24, 2.45) is 11.7 Å². The third-order valence-electron chi connectivity index (χ3n) is 3.09. The molecule has 1 heterocycles. The third-order valence-corrected chi connectivity index (χ3v) is 3.09. The van der Waals surface area contributed by atoms with E-state index in [2.05, 4.69) is 48.4 Å². The van der Waals surface area contributed by atoms with Crippen LogP contribution in [0.2, 0.25) is 0 Å². The Morgan fingerprint density at radius 1 is 1.47 bits per heavy atom. The second-order valence-electron chi connectivity index (χ2n) is 4.76. The highest BCUT2D eigenvalue weighted by Crippen LogP contribution is 2.09. The predicted octanol–water partition coefficient (Wildman–Crippen LogP) is 1.63. The van der Waals surface area contributed by atoms with Crippen LogP contribution in [0.1, 0.15) is 32.2 Å². The fourth-order valence-electron chi connectivity index (χ4n) is 2.05. The highest BCUT2D eigenvalue weighted by molar-refractivity contribution is 5.08. The van der Waals surface area contributed by atoms with E-state index >= 15 is 0 Å². The average Bonchev–Trinajstić information content (AvgIpc) is 2.68. The lowest BCUT2D eigenvalue weighted by molar-refractivity contribution is 0.236. The molecule has 4 nitrogen and oxygen atoms in total. The van der Waals surface area contributed by atoms with Crippen LogP contribution in [0.15, 0.2) is 6.07 Å². The summed E-state index contributed by atoms with van der Waals surface area (Å²) in [5.74, 6) is 0.550. The Labute approximate surface area is 105 Å². The summed E-state index contributed by atoms with van der Waals surface area (Å²) < 4.78 is 2.09. The van der Waals surface area contributed by atoms with E-state index in [9.17, 15) is 0 Å². The molecule has 1 unspecified atom stereocenters. The van der Waals surface area contributed by atoms with Gasteiger partial charge in [0.25, 0.3) is 0 Å². The maximum Gasteiger partial charge on any atom is 0.0597 e. The molecule has 0 radical (unpaired) electrons. The second-order valence-corrected chi connectivity index (χ2v) is 4.76. The summed E-state index contributed by atoms with van der Waals surface area (Å²) in [6, 6.07) is 2.18. The van der Waals surface area contributed by atoms with E-state index < -0.39 is 0 Å². The lowest BCUT2D eigenvalue weighted by Gasteiger charge is -2.23. The number of nitrogens with zero attached hydrogens (tertiary/aromatic N) is 3. The first-order valence-corrected chi connectivity index (χ1v) is 6.56. The summed E-state index contributed by atoms with van der Waals surface area (Å²) >= 11 is 0. The fraction of sp³-hybridized carbons (Fsp3) is 0.769. The zero-order chi connectivity index (χ0) is 12.8. The van der Waals surface area contributed by atoms with Crippen molar-refractivity contribution >= 4 is 0 Å². The van der Waals surface area contributed by atoms with E-state index in [1.54, 1.807) is 0 Å². The highest BCUT2D eigenvalue weighted by Gasteiger charge is 2.11. The summed E-state index contributed by atoms with van der Waals surface area (Å²) in [6.45, 7) is 13.3. The van der Waals surface area contributed by atoms with Gasteiger partial charge < -0.3 is 5.73 Å². The lowest BCUT2D eigenvalue weighted by atomic mass is 10.1. The largest absolute Gasteiger partial charge is 0.330 e. The van der Waals surface area contributed by atoms with Gasteiger partial charge >= 0.3 is 0 Å². The molecular formula is C13H26N4. The van der Waals surface area contributed by atoms with Crippen LogP contribution in [-0.2, 0) is 13.1 Å². The maximum absolute atomic E-state index is 5.68. The van der Waals surface area contributed by atoms with Crippen LogP contribution >= 0.6 is 0 Å². The van der Waals surface area contributed by atoms with E-state index in [0.29, 0.717) is 5.92 Å². The quantitative estimate of drug-likeness (QED) is 0.785. The van der Waals surface area contributed by atoms with Gasteiger partial charge in [0.05, 0.1) is 11.4 Å². The summed E-state index contributed by atoms with van der Waals surface area (Å²) in [7, 11) is 0. The molecule has 1 aromatic heterocycles. The van der Waals surface area contributed by atoms with Crippen LogP contribution in [0, 0.1) is 12.8 Å². The minimum Gasteiger partial charge on any atom is -0.330 e. The maximum atomic E-state index is 5.68. The second kappa shape index (κ2) is 6.77. The molecule has 1 rings (SSSR count). The van der Waals surface area contributed by atoms with Crippen LogP contribution in [0.3, 0.4) is 0 Å². The molecule has 0 bridgehead atoms. The number of hydrogen-bond donors (Lipinski definition) is 1. The van der Waals surface area contributed by atoms with Crippen LogP contribution in [0.4, 0.5) is 0 Å². The zero-order valence-electron chi connectivity index (χ0n) is 11.6. The van der Waals surface area contributed by atoms with Gasteiger partial charge in [-0.2, -0.15) is 5.10 Å². The number of aromatic nitrogens is 2. The lowest BCUT2D eigenvalue weighted by Crippen LogP contribution is -2.31. The average molecular weight is 238 g/mol. The van der Waals surface area contributed by atoms with Crippen LogP contribution in [0.5, 0.6) is 0 Å². The Morgan fingerprint density at radius 3 is 2.71 bits per heavy atom. The SMILES string of the molecule is CCN(Cc1cc(C)nn1CC)CC(C)CN. The zero-order valence-corrected chi connectivity index (χ0v) is 11.6. The number of rotatable bonds is 7. The van der Waals surface area contributed by atoms with Gasteiger partial charge in [-0.25, -0.2) is 0 Å². The van der Waals surface area contributed by atoms with Gasteiger partial charge in [0.15, 0.2) is 0 Å². The van der Waals surface area contributed by atoms with E-state index in [0.717, 1.165) is 38.4 Å². The van der Waals surface area contributed by atoms with Crippen molar-refractivity contribution in [2.75, 3.05) is 19.6 Å². The van der Waals surface area contributed by atoms with E-state index in [4.69, 9.17) is 5.73 Å². The molecule has 0 amide bonds. The smallest absolute Gasteiger partial charge is 0.0597 e. The molecule has 98 valence electrons. The van der Waals surface area contributed by atoms with Crippen molar-refractivity contribution in [3.8, 4) is 0 Å². The first kappa shape index (κ1) is 14.2. The van der Waals surface area contributed by atoms with Crippen molar-refractivity contribution in [3.05, 3.63) is 17.5 Å². The van der Waals surface area contributed by atoms with Gasteiger partial charge in [0, 0.05) is 19.6 Å². The molecule has 0 aliphatic heterocycles. The van der Waals surface area contributed by atoms with Gasteiger partial charge in [-0.3, -0.25) is 9.58 Å². The Morgan fingerprint density at radius 2 is 2.18 bits per heavy atom. The number of hydrogen-bond acceptors (Lipinski definition) is 3. The molecule has 0 aliphatic rings. The molecular weight excluding hydrogens is 212 g/mol. The normalized spacial score (nSPS) is 13.3. The minimum absolute atomic E-state index is 0.550.